The molecule has 0 radical (unpaired) electrons. The highest BCUT2D eigenvalue weighted by Crippen LogP contribution is 2.30. The molecule has 0 aliphatic rings. The molecule has 0 unspecified atom stereocenters. The van der Waals surface area contributed by atoms with Crippen LogP contribution in [0.25, 0.3) is 0 Å². The Labute approximate surface area is 183 Å². The van der Waals surface area contributed by atoms with Gasteiger partial charge in [-0.3, -0.25) is 0 Å². The molecule has 0 bridgehead atoms. The summed E-state index contributed by atoms with van der Waals surface area (Å²) in [6, 6.07) is 9.55. The Morgan fingerprint density at radius 3 is 2.64 bits per heavy atom. The van der Waals surface area contributed by atoms with Crippen molar-refractivity contribution in [3.63, 3.8) is 0 Å². The molecule has 2 rings (SSSR count). The minimum absolute atomic E-state index is 0. The maximum Gasteiger partial charge on any atom is 0.191 e. The monoisotopic (exact) mass is 503 g/mol. The largest absolute Gasteiger partial charge is 0.493 e. The molecule has 28 heavy (non-hydrogen) atoms. The van der Waals surface area contributed by atoms with Gasteiger partial charge in [-0.05, 0) is 31.5 Å². The van der Waals surface area contributed by atoms with E-state index in [0.717, 1.165) is 36.8 Å². The number of hydrogen-bond donors (Lipinski definition) is 2. The quantitative estimate of drug-likeness (QED) is 0.211. The van der Waals surface area contributed by atoms with Crippen LogP contribution in [0, 0.1) is 0 Å². The lowest BCUT2D eigenvalue weighted by Crippen LogP contribution is -2.38. The number of aliphatic imine (C=N–C) groups is 1. The molecule has 0 saturated carbocycles. The van der Waals surface area contributed by atoms with Crippen molar-refractivity contribution < 1.29 is 18.6 Å². The normalized spacial score (nSPS) is 10.9. The predicted octanol–water partition coefficient (Wildman–Crippen LogP) is 3.58. The highest BCUT2D eigenvalue weighted by Gasteiger charge is 2.09. The number of rotatable bonds is 11. The van der Waals surface area contributed by atoms with Gasteiger partial charge in [0.15, 0.2) is 17.5 Å². The topological polar surface area (TPSA) is 77.3 Å². The Morgan fingerprint density at radius 1 is 1.11 bits per heavy atom. The average molecular weight is 503 g/mol. The first-order valence-corrected chi connectivity index (χ1v) is 9.10. The van der Waals surface area contributed by atoms with Crippen molar-refractivity contribution in [3.8, 4) is 11.5 Å². The lowest BCUT2D eigenvalue weighted by molar-refractivity contribution is 0.105. The van der Waals surface area contributed by atoms with E-state index in [4.69, 9.17) is 18.6 Å². The summed E-state index contributed by atoms with van der Waals surface area (Å²) < 4.78 is 21.6. The van der Waals surface area contributed by atoms with Crippen LogP contribution in [0.1, 0.15) is 24.7 Å². The Balaban J connectivity index is 0.00000392. The third-order valence-electron chi connectivity index (χ3n) is 3.82. The van der Waals surface area contributed by atoms with E-state index in [0.29, 0.717) is 31.3 Å². The molecule has 0 amide bonds. The smallest absolute Gasteiger partial charge is 0.191 e. The zero-order valence-electron chi connectivity index (χ0n) is 16.7. The van der Waals surface area contributed by atoms with Gasteiger partial charge in [0.2, 0.25) is 0 Å². The molecule has 1 aromatic carbocycles. The summed E-state index contributed by atoms with van der Waals surface area (Å²) in [6.07, 6.45) is 2.52. The molecule has 2 aromatic rings. The summed E-state index contributed by atoms with van der Waals surface area (Å²) >= 11 is 0. The maximum atomic E-state index is 5.58. The number of halogens is 1. The van der Waals surface area contributed by atoms with Gasteiger partial charge < -0.3 is 29.3 Å². The molecule has 156 valence electrons. The zero-order chi connectivity index (χ0) is 19.3. The van der Waals surface area contributed by atoms with Gasteiger partial charge in [-0.15, -0.1) is 24.0 Å². The molecule has 0 saturated heterocycles. The summed E-state index contributed by atoms with van der Waals surface area (Å²) in [5.41, 5.74) is 0.968. The number of benzene rings is 1. The zero-order valence-corrected chi connectivity index (χ0v) is 19.0. The molecule has 2 N–H and O–H groups in total. The highest BCUT2D eigenvalue weighted by atomic mass is 127. The molecule has 0 spiro atoms. The van der Waals surface area contributed by atoms with Gasteiger partial charge >= 0.3 is 0 Å². The molecule has 7 nitrogen and oxygen atoms in total. The third-order valence-corrected chi connectivity index (χ3v) is 3.82. The molecule has 1 heterocycles. The van der Waals surface area contributed by atoms with Gasteiger partial charge in [0, 0.05) is 25.3 Å². The van der Waals surface area contributed by atoms with E-state index < -0.39 is 0 Å². The number of furan rings is 1. The lowest BCUT2D eigenvalue weighted by atomic mass is 10.2. The van der Waals surface area contributed by atoms with Crippen LogP contribution in [0.15, 0.2) is 46.0 Å². The van der Waals surface area contributed by atoms with E-state index in [-0.39, 0.29) is 24.0 Å². The molecule has 0 aliphatic heterocycles. The van der Waals surface area contributed by atoms with Crippen LogP contribution in [0.3, 0.4) is 0 Å². The van der Waals surface area contributed by atoms with Crippen molar-refractivity contribution >= 4 is 29.9 Å². The van der Waals surface area contributed by atoms with Gasteiger partial charge in [-0.25, -0.2) is 4.99 Å². The van der Waals surface area contributed by atoms with Crippen molar-refractivity contribution in [1.29, 1.82) is 0 Å². The summed E-state index contributed by atoms with van der Waals surface area (Å²) in [4.78, 5) is 4.63. The van der Waals surface area contributed by atoms with Crippen molar-refractivity contribution in [2.45, 2.75) is 26.5 Å². The van der Waals surface area contributed by atoms with Crippen LogP contribution in [0.5, 0.6) is 11.5 Å². The maximum absolute atomic E-state index is 5.58. The Hall–Kier alpha value is -1.94. The van der Waals surface area contributed by atoms with E-state index in [1.54, 1.807) is 20.5 Å². The number of methoxy groups -OCH3 is 2. The molecule has 1 aromatic heterocycles. The van der Waals surface area contributed by atoms with Gasteiger partial charge in [-0.1, -0.05) is 12.1 Å². The standard InChI is InChI=1S/C20H29N3O4.HI/c1-4-21-20(22-11-7-12-26-15-17-9-6-13-27-17)23-14-16-8-5-10-18(24-2)19(16)25-3;/h5-6,8-10,13H,4,7,11-12,14-15H2,1-3H3,(H2,21,22,23);1H. The van der Waals surface area contributed by atoms with E-state index in [1.165, 1.54) is 0 Å². The number of ether oxygens (including phenoxy) is 3. The van der Waals surface area contributed by atoms with Crippen LogP contribution in [0.2, 0.25) is 0 Å². The van der Waals surface area contributed by atoms with Crippen molar-refractivity contribution in [1.82, 2.24) is 10.6 Å². The SMILES string of the molecule is CCNC(=NCc1cccc(OC)c1OC)NCCCOCc1ccco1.I. The molecular formula is C20H30IN3O4. The van der Waals surface area contributed by atoms with Crippen LogP contribution in [-0.2, 0) is 17.9 Å². The molecule has 0 aliphatic carbocycles. The highest BCUT2D eigenvalue weighted by molar-refractivity contribution is 14.0. The van der Waals surface area contributed by atoms with E-state index in [2.05, 4.69) is 15.6 Å². The van der Waals surface area contributed by atoms with Gasteiger partial charge in [0.25, 0.3) is 0 Å². The van der Waals surface area contributed by atoms with Crippen molar-refractivity contribution in [3.05, 3.63) is 47.9 Å². The molecular weight excluding hydrogens is 473 g/mol. The van der Waals surface area contributed by atoms with Gasteiger partial charge in [0.1, 0.15) is 12.4 Å². The summed E-state index contributed by atoms with van der Waals surface area (Å²) in [5, 5.41) is 6.56. The lowest BCUT2D eigenvalue weighted by Gasteiger charge is -2.13. The van der Waals surface area contributed by atoms with Crippen molar-refractivity contribution in [2.24, 2.45) is 4.99 Å². The first-order valence-electron chi connectivity index (χ1n) is 9.10. The molecule has 0 fully saturated rings. The minimum atomic E-state index is 0. The fourth-order valence-electron chi connectivity index (χ4n) is 2.53. The second-order valence-electron chi connectivity index (χ2n) is 5.76. The summed E-state index contributed by atoms with van der Waals surface area (Å²) in [5.74, 6) is 3.02. The van der Waals surface area contributed by atoms with E-state index in [9.17, 15) is 0 Å². The number of para-hydroxylation sites is 1. The Kier molecular flexibility index (Phi) is 12.1. The summed E-state index contributed by atoms with van der Waals surface area (Å²) in [6.45, 7) is 5.23. The average Bonchev–Trinajstić information content (AvgIpc) is 3.21. The second-order valence-corrected chi connectivity index (χ2v) is 5.76. The van der Waals surface area contributed by atoms with Crippen molar-refractivity contribution in [2.75, 3.05) is 33.9 Å². The molecule has 0 atom stereocenters. The minimum Gasteiger partial charge on any atom is -0.493 e. The van der Waals surface area contributed by atoms with Crippen LogP contribution < -0.4 is 20.1 Å². The van der Waals surface area contributed by atoms with Gasteiger partial charge in [0.05, 0.1) is 27.0 Å². The number of nitrogens with zero attached hydrogens (tertiary/aromatic N) is 1. The number of nitrogens with one attached hydrogen (secondary N) is 2. The van der Waals surface area contributed by atoms with E-state index in [1.807, 2.05) is 37.3 Å². The first kappa shape index (κ1) is 24.1. The Morgan fingerprint density at radius 2 is 1.96 bits per heavy atom. The van der Waals surface area contributed by atoms with Gasteiger partial charge in [-0.2, -0.15) is 0 Å². The Bertz CT molecular complexity index is 693. The van der Waals surface area contributed by atoms with E-state index >= 15 is 0 Å². The fraction of sp³-hybridized carbons (Fsp3) is 0.450. The number of guanidine groups is 1. The van der Waals surface area contributed by atoms with Crippen LogP contribution in [-0.4, -0.2) is 39.9 Å². The summed E-state index contributed by atoms with van der Waals surface area (Å²) in [7, 11) is 3.27. The second kappa shape index (κ2) is 14.1. The van der Waals surface area contributed by atoms with Crippen LogP contribution in [0.4, 0.5) is 0 Å². The fourth-order valence-corrected chi connectivity index (χ4v) is 2.53. The molecule has 8 heteroatoms. The third kappa shape index (κ3) is 7.97. The first-order chi connectivity index (χ1) is 13.3. The van der Waals surface area contributed by atoms with Crippen LogP contribution >= 0.6 is 24.0 Å². The predicted molar refractivity (Wildman–Crippen MR) is 121 cm³/mol. The number of hydrogen-bond acceptors (Lipinski definition) is 5.